The van der Waals surface area contributed by atoms with Crippen molar-refractivity contribution in [2.24, 2.45) is 12.0 Å². The first-order chi connectivity index (χ1) is 16.9. The molecular weight excluding hydrogens is 463 g/mol. The van der Waals surface area contributed by atoms with Gasteiger partial charge in [-0.1, -0.05) is 56.3 Å². The van der Waals surface area contributed by atoms with Crippen LogP contribution in [0.4, 0.5) is 10.2 Å². The normalized spacial score (nSPS) is 10.8. The fourth-order valence-corrected chi connectivity index (χ4v) is 3.48. The molecule has 0 saturated carbocycles. The average Bonchev–Trinajstić information content (AvgIpc) is 2.88. The zero-order valence-corrected chi connectivity index (χ0v) is 21.5. The Morgan fingerprint density at radius 3 is 2.31 bits per heavy atom. The quantitative estimate of drug-likeness (QED) is 0.326. The SMILES string of the molecule is CC.Cc1c(/N=C(\CCCc2ccccc2)Oc2ccccc2F)n(C)c(=O)n(CCCO)c1=O.N. The number of ether oxygens (including phenoxy) is 1. The summed E-state index contributed by atoms with van der Waals surface area (Å²) in [5.74, 6) is -0.133. The van der Waals surface area contributed by atoms with Gasteiger partial charge in [-0.3, -0.25) is 13.9 Å². The van der Waals surface area contributed by atoms with Crippen molar-refractivity contribution in [3.05, 3.63) is 92.4 Å². The molecule has 8 nitrogen and oxygen atoms in total. The maximum atomic E-state index is 14.2. The molecule has 1 aromatic heterocycles. The maximum absolute atomic E-state index is 14.2. The highest BCUT2D eigenvalue weighted by atomic mass is 19.1. The highest BCUT2D eigenvalue weighted by molar-refractivity contribution is 5.81. The van der Waals surface area contributed by atoms with E-state index in [2.05, 4.69) is 4.99 Å². The fourth-order valence-electron chi connectivity index (χ4n) is 3.48. The first-order valence-electron chi connectivity index (χ1n) is 11.9. The van der Waals surface area contributed by atoms with Gasteiger partial charge >= 0.3 is 5.69 Å². The van der Waals surface area contributed by atoms with Crippen molar-refractivity contribution in [3.63, 3.8) is 0 Å². The molecule has 36 heavy (non-hydrogen) atoms. The first-order valence-corrected chi connectivity index (χ1v) is 11.9. The summed E-state index contributed by atoms with van der Waals surface area (Å²) >= 11 is 0. The number of aromatic nitrogens is 2. The summed E-state index contributed by atoms with van der Waals surface area (Å²) < 4.78 is 22.4. The van der Waals surface area contributed by atoms with Crippen LogP contribution in [0.2, 0.25) is 0 Å². The van der Waals surface area contributed by atoms with Crippen molar-refractivity contribution >= 4 is 11.7 Å². The van der Waals surface area contributed by atoms with Crippen LogP contribution in [0.15, 0.2) is 69.2 Å². The Balaban J connectivity index is 0.00000211. The number of rotatable bonds is 9. The number of aliphatic hydroxyl groups is 1. The lowest BCUT2D eigenvalue weighted by atomic mass is 10.1. The lowest BCUT2D eigenvalue weighted by Crippen LogP contribution is -2.40. The van der Waals surface area contributed by atoms with Gasteiger partial charge in [0.15, 0.2) is 17.5 Å². The Kier molecular flexibility index (Phi) is 13.1. The monoisotopic (exact) mass is 500 g/mol. The van der Waals surface area contributed by atoms with Crippen molar-refractivity contribution in [1.82, 2.24) is 15.3 Å². The Hall–Kier alpha value is -3.56. The molecule has 0 aliphatic carbocycles. The topological polar surface area (TPSA) is 121 Å². The molecule has 0 aliphatic heterocycles. The Morgan fingerprint density at radius 1 is 1.03 bits per heavy atom. The minimum atomic E-state index is -0.535. The van der Waals surface area contributed by atoms with E-state index in [1.54, 1.807) is 19.1 Å². The van der Waals surface area contributed by atoms with Crippen LogP contribution < -0.4 is 22.1 Å². The minimum Gasteiger partial charge on any atom is -0.440 e. The van der Waals surface area contributed by atoms with Crippen molar-refractivity contribution in [1.29, 1.82) is 0 Å². The molecule has 0 aliphatic rings. The number of nitrogens with zero attached hydrogens (tertiary/aromatic N) is 3. The summed E-state index contributed by atoms with van der Waals surface area (Å²) in [5, 5.41) is 9.06. The van der Waals surface area contributed by atoms with Crippen molar-refractivity contribution in [2.45, 2.75) is 53.0 Å². The van der Waals surface area contributed by atoms with Gasteiger partial charge in [-0.05, 0) is 43.9 Å². The predicted molar refractivity (Wildman–Crippen MR) is 142 cm³/mol. The van der Waals surface area contributed by atoms with E-state index in [0.717, 1.165) is 16.6 Å². The number of hydrogen-bond donors (Lipinski definition) is 2. The first kappa shape index (κ1) is 30.5. The summed E-state index contributed by atoms with van der Waals surface area (Å²) in [6.45, 7) is 5.57. The molecule has 0 amide bonds. The molecule has 4 N–H and O–H groups in total. The molecule has 0 spiro atoms. The van der Waals surface area contributed by atoms with Gasteiger partial charge in [-0.2, -0.15) is 4.99 Å². The molecule has 196 valence electrons. The van der Waals surface area contributed by atoms with E-state index in [-0.39, 0.29) is 42.3 Å². The number of benzene rings is 2. The molecular formula is C27H37FN4O4. The molecule has 9 heteroatoms. The van der Waals surface area contributed by atoms with Crippen LogP contribution in [0.5, 0.6) is 5.75 Å². The van der Waals surface area contributed by atoms with Gasteiger partial charge in [0.05, 0.1) is 5.56 Å². The summed E-state index contributed by atoms with van der Waals surface area (Å²) in [4.78, 5) is 30.0. The minimum absolute atomic E-state index is 0. The van der Waals surface area contributed by atoms with Gasteiger partial charge in [-0.25, -0.2) is 9.18 Å². The lowest BCUT2D eigenvalue weighted by Gasteiger charge is -2.14. The number of para-hydroxylation sites is 1. The molecule has 3 rings (SSSR count). The molecule has 0 fully saturated rings. The molecule has 0 unspecified atom stereocenters. The predicted octanol–water partition coefficient (Wildman–Crippen LogP) is 4.70. The number of aryl methyl sites for hydroxylation is 1. The van der Waals surface area contributed by atoms with Gasteiger partial charge in [0, 0.05) is 26.6 Å². The summed E-state index contributed by atoms with van der Waals surface area (Å²) in [7, 11) is 1.52. The number of aliphatic imine (C=N–C) groups is 1. The van der Waals surface area contributed by atoms with Crippen LogP contribution in [0.25, 0.3) is 0 Å². The van der Waals surface area contributed by atoms with Crippen molar-refractivity contribution in [2.75, 3.05) is 6.61 Å². The average molecular weight is 501 g/mol. The fraction of sp³-hybridized carbons (Fsp3) is 0.370. The number of aliphatic hydroxyl groups excluding tert-OH is 1. The third kappa shape index (κ3) is 8.00. The van der Waals surface area contributed by atoms with E-state index < -0.39 is 17.1 Å². The second-order valence-corrected chi connectivity index (χ2v) is 7.70. The van der Waals surface area contributed by atoms with Crippen molar-refractivity contribution < 1.29 is 14.2 Å². The molecule has 3 aromatic rings. The molecule has 0 saturated heterocycles. The Labute approximate surface area is 211 Å². The lowest BCUT2D eigenvalue weighted by molar-refractivity contribution is 0.277. The van der Waals surface area contributed by atoms with E-state index >= 15 is 0 Å². The van der Waals surface area contributed by atoms with E-state index in [1.165, 1.54) is 23.7 Å². The third-order valence-electron chi connectivity index (χ3n) is 5.27. The van der Waals surface area contributed by atoms with Crippen LogP contribution in [-0.4, -0.2) is 26.7 Å². The smallest absolute Gasteiger partial charge is 0.332 e. The summed E-state index contributed by atoms with van der Waals surface area (Å²) in [6, 6.07) is 15.9. The molecule has 0 atom stereocenters. The zero-order valence-electron chi connectivity index (χ0n) is 21.5. The Bertz CT molecular complexity index is 1200. The zero-order chi connectivity index (χ0) is 25.8. The summed E-state index contributed by atoms with van der Waals surface area (Å²) in [5.41, 5.74) is 0.415. The van der Waals surface area contributed by atoms with Gasteiger partial charge < -0.3 is 16.0 Å². The van der Waals surface area contributed by atoms with Gasteiger partial charge in [0.25, 0.3) is 5.56 Å². The maximum Gasteiger partial charge on any atom is 0.332 e. The van der Waals surface area contributed by atoms with Gasteiger partial charge in [-0.15, -0.1) is 0 Å². The second kappa shape index (κ2) is 15.4. The van der Waals surface area contributed by atoms with Gasteiger partial charge in [0.1, 0.15) is 5.82 Å². The number of hydrogen-bond acceptors (Lipinski definition) is 6. The standard InChI is InChI=1S/C25H28FN3O4.C2H6.H3N/c1-18-23(28(2)25(32)29(24(18)31)16-9-17-30)27-22(33-21-14-7-6-13-20(21)26)15-8-12-19-10-4-3-5-11-19;1-2;/h3-7,10-11,13-14,30H,8-9,12,15-17H2,1-2H3;1-2H3;1H3/b27-22+;;. The molecule has 2 aromatic carbocycles. The van der Waals surface area contributed by atoms with E-state index in [0.29, 0.717) is 19.3 Å². The second-order valence-electron chi connectivity index (χ2n) is 7.70. The molecule has 0 bridgehead atoms. The van der Waals surface area contributed by atoms with Crippen LogP contribution in [0, 0.1) is 12.7 Å². The molecule has 1 heterocycles. The Morgan fingerprint density at radius 2 is 1.67 bits per heavy atom. The van der Waals surface area contributed by atoms with Crippen LogP contribution in [0.3, 0.4) is 0 Å². The van der Waals surface area contributed by atoms with Crippen LogP contribution in [0.1, 0.15) is 44.2 Å². The highest BCUT2D eigenvalue weighted by Crippen LogP contribution is 2.20. The van der Waals surface area contributed by atoms with E-state index in [1.807, 2.05) is 44.2 Å². The highest BCUT2D eigenvalue weighted by Gasteiger charge is 2.16. The van der Waals surface area contributed by atoms with Gasteiger partial charge in [0.2, 0.25) is 0 Å². The summed E-state index contributed by atoms with van der Waals surface area (Å²) in [6.07, 6.45) is 2.11. The van der Waals surface area contributed by atoms with Crippen LogP contribution >= 0.6 is 0 Å². The van der Waals surface area contributed by atoms with Crippen molar-refractivity contribution in [3.8, 4) is 5.75 Å². The van der Waals surface area contributed by atoms with Crippen LogP contribution in [-0.2, 0) is 20.0 Å². The largest absolute Gasteiger partial charge is 0.440 e. The number of halogens is 1. The van der Waals surface area contributed by atoms with E-state index in [9.17, 15) is 14.0 Å². The van der Waals surface area contributed by atoms with E-state index in [4.69, 9.17) is 9.84 Å². The molecule has 0 radical (unpaired) electrons. The third-order valence-corrected chi connectivity index (χ3v) is 5.27.